The van der Waals surface area contributed by atoms with E-state index >= 15 is 0 Å². The molecule has 0 N–H and O–H groups in total. The van der Waals surface area contributed by atoms with Crippen molar-refractivity contribution in [2.24, 2.45) is 0 Å². The second-order valence-electron chi connectivity index (χ2n) is 4.30. The van der Waals surface area contributed by atoms with Gasteiger partial charge in [0.1, 0.15) is 6.10 Å². The lowest BCUT2D eigenvalue weighted by molar-refractivity contribution is 0.101. The van der Waals surface area contributed by atoms with Crippen molar-refractivity contribution in [3.8, 4) is 11.5 Å². The highest BCUT2D eigenvalue weighted by molar-refractivity contribution is 5.39. The molecule has 1 fully saturated rings. The molecule has 0 aliphatic carbocycles. The summed E-state index contributed by atoms with van der Waals surface area (Å²) >= 11 is 0. The lowest BCUT2D eigenvalue weighted by Gasteiger charge is -2.30. The molecule has 1 atom stereocenters. The van der Waals surface area contributed by atoms with E-state index < -0.39 is 0 Å². The van der Waals surface area contributed by atoms with Crippen molar-refractivity contribution < 1.29 is 9.47 Å². The average molecular weight is 221 g/mol. The second kappa shape index (κ2) is 5.21. The quantitative estimate of drug-likeness (QED) is 0.780. The van der Waals surface area contributed by atoms with Crippen LogP contribution in [0.2, 0.25) is 0 Å². The number of para-hydroxylation sites is 2. The van der Waals surface area contributed by atoms with Gasteiger partial charge in [-0.2, -0.15) is 0 Å². The predicted molar refractivity (Wildman–Crippen MR) is 64.1 cm³/mol. The van der Waals surface area contributed by atoms with Crippen LogP contribution < -0.4 is 9.47 Å². The average Bonchev–Trinajstić information content (AvgIpc) is 2.30. The van der Waals surface area contributed by atoms with E-state index in [9.17, 15) is 0 Å². The van der Waals surface area contributed by atoms with Gasteiger partial charge in [0, 0.05) is 6.54 Å². The van der Waals surface area contributed by atoms with Crippen molar-refractivity contribution in [3.63, 3.8) is 0 Å². The minimum atomic E-state index is 0.287. The highest BCUT2D eigenvalue weighted by Gasteiger charge is 2.19. The Bertz CT molecular complexity index is 340. The van der Waals surface area contributed by atoms with Gasteiger partial charge in [0.05, 0.1) is 7.11 Å². The van der Waals surface area contributed by atoms with Crippen molar-refractivity contribution in [1.82, 2.24) is 4.90 Å². The molecule has 88 valence electrons. The Hall–Kier alpha value is -1.22. The minimum Gasteiger partial charge on any atom is -0.493 e. The van der Waals surface area contributed by atoms with Crippen molar-refractivity contribution >= 4 is 0 Å². The molecule has 0 saturated carbocycles. The minimum absolute atomic E-state index is 0.287. The van der Waals surface area contributed by atoms with Crippen LogP contribution in [0.1, 0.15) is 12.8 Å². The molecule has 1 aliphatic heterocycles. The number of benzene rings is 1. The van der Waals surface area contributed by atoms with Gasteiger partial charge in [-0.15, -0.1) is 0 Å². The van der Waals surface area contributed by atoms with Crippen LogP contribution in [0.3, 0.4) is 0 Å². The fourth-order valence-corrected chi connectivity index (χ4v) is 2.11. The van der Waals surface area contributed by atoms with E-state index in [1.165, 1.54) is 13.0 Å². The summed E-state index contributed by atoms with van der Waals surface area (Å²) in [6.45, 7) is 2.17. The highest BCUT2D eigenvalue weighted by atomic mass is 16.5. The zero-order valence-corrected chi connectivity index (χ0v) is 9.98. The Morgan fingerprint density at radius 1 is 1.25 bits per heavy atom. The van der Waals surface area contributed by atoms with E-state index in [1.807, 2.05) is 24.3 Å². The molecule has 0 unspecified atom stereocenters. The van der Waals surface area contributed by atoms with Gasteiger partial charge in [0.15, 0.2) is 11.5 Å². The second-order valence-corrected chi connectivity index (χ2v) is 4.30. The monoisotopic (exact) mass is 221 g/mol. The Morgan fingerprint density at radius 3 is 2.69 bits per heavy atom. The summed E-state index contributed by atoms with van der Waals surface area (Å²) in [6, 6.07) is 7.83. The van der Waals surface area contributed by atoms with Crippen LogP contribution in [0.25, 0.3) is 0 Å². The fraction of sp³-hybridized carbons (Fsp3) is 0.538. The molecule has 16 heavy (non-hydrogen) atoms. The summed E-state index contributed by atoms with van der Waals surface area (Å²) in [4.78, 5) is 2.31. The predicted octanol–water partition coefficient (Wildman–Crippen LogP) is 2.17. The van der Waals surface area contributed by atoms with Crippen molar-refractivity contribution in [2.45, 2.75) is 18.9 Å². The first-order valence-electron chi connectivity index (χ1n) is 5.78. The van der Waals surface area contributed by atoms with Gasteiger partial charge in [-0.3, -0.25) is 0 Å². The molecular weight excluding hydrogens is 202 g/mol. The summed E-state index contributed by atoms with van der Waals surface area (Å²) in [5.41, 5.74) is 0. The van der Waals surface area contributed by atoms with Crippen molar-refractivity contribution in [1.29, 1.82) is 0 Å². The summed E-state index contributed by atoms with van der Waals surface area (Å²) in [5, 5.41) is 0. The van der Waals surface area contributed by atoms with Gasteiger partial charge >= 0.3 is 0 Å². The van der Waals surface area contributed by atoms with Crippen molar-refractivity contribution in [3.05, 3.63) is 24.3 Å². The maximum absolute atomic E-state index is 5.98. The van der Waals surface area contributed by atoms with Gasteiger partial charge in [0.2, 0.25) is 0 Å². The molecule has 1 aliphatic rings. The first-order valence-corrected chi connectivity index (χ1v) is 5.78. The summed E-state index contributed by atoms with van der Waals surface area (Å²) in [7, 11) is 3.81. The van der Waals surface area contributed by atoms with Gasteiger partial charge in [0.25, 0.3) is 0 Å². The molecular formula is C13H19NO2. The van der Waals surface area contributed by atoms with Gasteiger partial charge in [-0.05, 0) is 38.6 Å². The third-order valence-electron chi connectivity index (χ3n) is 2.94. The van der Waals surface area contributed by atoms with E-state index in [2.05, 4.69) is 11.9 Å². The molecule has 3 nitrogen and oxygen atoms in total. The largest absolute Gasteiger partial charge is 0.493 e. The first kappa shape index (κ1) is 11.3. The molecule has 2 rings (SSSR count). The fourth-order valence-electron chi connectivity index (χ4n) is 2.11. The van der Waals surface area contributed by atoms with E-state index in [0.29, 0.717) is 0 Å². The lowest BCUT2D eigenvalue weighted by atomic mass is 10.1. The highest BCUT2D eigenvalue weighted by Crippen LogP contribution is 2.28. The zero-order valence-electron chi connectivity index (χ0n) is 9.98. The maximum Gasteiger partial charge on any atom is 0.161 e. The standard InChI is InChI=1S/C13H19NO2/c1-14-9-5-6-11(10-14)16-13-8-4-3-7-12(13)15-2/h3-4,7-8,11H,5-6,9-10H2,1-2H3/t11-/m0/s1. The number of piperidine rings is 1. The molecule has 1 aromatic carbocycles. The van der Waals surface area contributed by atoms with E-state index in [-0.39, 0.29) is 6.10 Å². The van der Waals surface area contributed by atoms with Crippen LogP contribution in [-0.2, 0) is 0 Å². The number of nitrogens with zero attached hydrogens (tertiary/aromatic N) is 1. The third-order valence-corrected chi connectivity index (χ3v) is 2.94. The first-order chi connectivity index (χ1) is 7.79. The normalized spacial score (nSPS) is 21.8. The molecule has 0 amide bonds. The molecule has 0 radical (unpaired) electrons. The summed E-state index contributed by atoms with van der Waals surface area (Å²) < 4.78 is 11.3. The van der Waals surface area contributed by atoms with Crippen molar-refractivity contribution in [2.75, 3.05) is 27.2 Å². The zero-order chi connectivity index (χ0) is 11.4. The number of likely N-dealkylation sites (tertiary alicyclic amines) is 1. The van der Waals surface area contributed by atoms with Gasteiger partial charge < -0.3 is 14.4 Å². The molecule has 1 saturated heterocycles. The Kier molecular flexibility index (Phi) is 3.67. The number of hydrogen-bond donors (Lipinski definition) is 0. The van der Waals surface area contributed by atoms with Crippen LogP contribution in [0, 0.1) is 0 Å². The number of methoxy groups -OCH3 is 1. The van der Waals surface area contributed by atoms with E-state index in [0.717, 1.165) is 24.5 Å². The number of hydrogen-bond acceptors (Lipinski definition) is 3. The molecule has 0 spiro atoms. The Labute approximate surface area is 97.0 Å². The third kappa shape index (κ3) is 2.67. The summed E-state index contributed by atoms with van der Waals surface area (Å²) in [6.07, 6.45) is 2.62. The molecule has 3 heteroatoms. The van der Waals surface area contributed by atoms with Crippen LogP contribution in [0.4, 0.5) is 0 Å². The van der Waals surface area contributed by atoms with Crippen LogP contribution in [0.15, 0.2) is 24.3 Å². The number of rotatable bonds is 3. The molecule has 1 aromatic rings. The molecule has 0 bridgehead atoms. The summed E-state index contributed by atoms with van der Waals surface area (Å²) in [5.74, 6) is 1.67. The van der Waals surface area contributed by atoms with Crippen LogP contribution >= 0.6 is 0 Å². The Morgan fingerprint density at radius 2 is 2.00 bits per heavy atom. The topological polar surface area (TPSA) is 21.7 Å². The Balaban J connectivity index is 2.02. The smallest absolute Gasteiger partial charge is 0.161 e. The van der Waals surface area contributed by atoms with Crippen LogP contribution in [0.5, 0.6) is 11.5 Å². The number of ether oxygens (including phenoxy) is 2. The maximum atomic E-state index is 5.98. The van der Waals surface area contributed by atoms with E-state index in [1.54, 1.807) is 7.11 Å². The number of likely N-dealkylation sites (N-methyl/N-ethyl adjacent to an activating group) is 1. The van der Waals surface area contributed by atoms with Gasteiger partial charge in [-0.25, -0.2) is 0 Å². The lowest BCUT2D eigenvalue weighted by Crippen LogP contribution is -2.38. The van der Waals surface area contributed by atoms with Gasteiger partial charge in [-0.1, -0.05) is 12.1 Å². The SMILES string of the molecule is COc1ccccc1O[C@H]1CCCN(C)C1. The molecule has 1 heterocycles. The van der Waals surface area contributed by atoms with E-state index in [4.69, 9.17) is 9.47 Å². The molecule has 0 aromatic heterocycles. The van der Waals surface area contributed by atoms with Crippen LogP contribution in [-0.4, -0.2) is 38.3 Å².